The molecule has 6 heteroatoms. The predicted octanol–water partition coefficient (Wildman–Crippen LogP) is 3.47. The molecule has 1 rings (SSSR count). The topological polar surface area (TPSA) is 27.0 Å². The molecule has 0 spiro atoms. The summed E-state index contributed by atoms with van der Waals surface area (Å²) in [6, 6.07) is 4.75. The van der Waals surface area contributed by atoms with Crippen molar-refractivity contribution in [3.8, 4) is 6.07 Å². The lowest BCUT2D eigenvalue weighted by Gasteiger charge is -2.30. The first-order valence-electron chi connectivity index (χ1n) is 5.28. The minimum atomic E-state index is -4.41. The van der Waals surface area contributed by atoms with E-state index in [0.29, 0.717) is 0 Å². The number of halogens is 4. The molecule has 0 heterocycles. The summed E-state index contributed by atoms with van der Waals surface area (Å²) < 4.78 is 50.8. The Bertz CT molecular complexity index is 460. The Morgan fingerprint density at radius 2 is 1.94 bits per heavy atom. The lowest BCUT2D eigenvalue weighted by molar-refractivity contribution is -0.120. The molecular formula is C12H12F4N2. The lowest BCUT2D eigenvalue weighted by atomic mass is 10.1. The molecule has 0 atom stereocenters. The van der Waals surface area contributed by atoms with Crippen molar-refractivity contribution < 1.29 is 17.6 Å². The lowest BCUT2D eigenvalue weighted by Crippen LogP contribution is -2.39. The van der Waals surface area contributed by atoms with E-state index in [-0.39, 0.29) is 11.3 Å². The van der Waals surface area contributed by atoms with Crippen LogP contribution in [0.15, 0.2) is 18.2 Å². The number of benzene rings is 1. The van der Waals surface area contributed by atoms with Crippen LogP contribution in [0.3, 0.4) is 0 Å². The average Bonchev–Trinajstić information content (AvgIpc) is 2.24. The number of anilines is 1. The van der Waals surface area contributed by atoms with Gasteiger partial charge in [-0.3, -0.25) is 0 Å². The third-order valence-corrected chi connectivity index (χ3v) is 2.39. The van der Waals surface area contributed by atoms with Gasteiger partial charge in [0.25, 0.3) is 0 Å². The Morgan fingerprint density at radius 3 is 2.39 bits per heavy atom. The van der Waals surface area contributed by atoms with E-state index in [1.54, 1.807) is 19.9 Å². The highest BCUT2D eigenvalue weighted by Crippen LogP contribution is 2.28. The summed E-state index contributed by atoms with van der Waals surface area (Å²) in [5, 5.41) is 8.83. The number of hydrogen-bond donors (Lipinski definition) is 0. The van der Waals surface area contributed by atoms with Gasteiger partial charge < -0.3 is 4.90 Å². The normalized spacial score (nSPS) is 11.4. The van der Waals surface area contributed by atoms with Crippen LogP contribution in [0, 0.1) is 17.1 Å². The minimum Gasteiger partial charge on any atom is -0.359 e. The van der Waals surface area contributed by atoms with Crippen LogP contribution in [0.4, 0.5) is 23.2 Å². The smallest absolute Gasteiger partial charge is 0.359 e. The van der Waals surface area contributed by atoms with Crippen LogP contribution < -0.4 is 4.90 Å². The van der Waals surface area contributed by atoms with E-state index in [0.717, 1.165) is 11.0 Å². The van der Waals surface area contributed by atoms with Crippen molar-refractivity contribution in [1.29, 1.82) is 5.26 Å². The molecule has 0 bridgehead atoms. The fraction of sp³-hybridized carbons (Fsp3) is 0.417. The first kappa shape index (κ1) is 14.3. The molecule has 0 radical (unpaired) electrons. The Kier molecular flexibility index (Phi) is 4.17. The maximum Gasteiger partial charge on any atom is 0.405 e. The Labute approximate surface area is 102 Å². The van der Waals surface area contributed by atoms with Gasteiger partial charge in [0.15, 0.2) is 0 Å². The van der Waals surface area contributed by atoms with Crippen LogP contribution in [0.5, 0.6) is 0 Å². The Hall–Kier alpha value is -1.77. The number of nitriles is 1. The van der Waals surface area contributed by atoms with Gasteiger partial charge in [-0.15, -0.1) is 0 Å². The van der Waals surface area contributed by atoms with Gasteiger partial charge in [-0.25, -0.2) is 4.39 Å². The zero-order valence-electron chi connectivity index (χ0n) is 9.92. The van der Waals surface area contributed by atoms with Gasteiger partial charge in [0.1, 0.15) is 24.0 Å². The van der Waals surface area contributed by atoms with Crippen molar-refractivity contribution in [2.24, 2.45) is 0 Å². The maximum atomic E-state index is 13.4. The largest absolute Gasteiger partial charge is 0.405 e. The molecule has 18 heavy (non-hydrogen) atoms. The molecular weight excluding hydrogens is 248 g/mol. The highest BCUT2D eigenvalue weighted by Gasteiger charge is 2.33. The van der Waals surface area contributed by atoms with Crippen molar-refractivity contribution in [2.45, 2.75) is 26.1 Å². The van der Waals surface area contributed by atoms with Gasteiger partial charge in [0.05, 0.1) is 5.69 Å². The standard InChI is InChI=1S/C12H12F4N2/c1-8(2)18(7-12(14,15)16)11-5-3-4-10(13)9(11)6-17/h3-5,8H,7H2,1-2H3. The van der Waals surface area contributed by atoms with Gasteiger partial charge in [-0.1, -0.05) is 6.07 Å². The molecule has 0 aliphatic carbocycles. The summed E-state index contributed by atoms with van der Waals surface area (Å²) in [5.41, 5.74) is -0.403. The average molecular weight is 260 g/mol. The molecule has 0 saturated carbocycles. The van der Waals surface area contributed by atoms with Crippen molar-refractivity contribution in [3.05, 3.63) is 29.6 Å². The molecule has 0 N–H and O–H groups in total. The van der Waals surface area contributed by atoms with Crippen molar-refractivity contribution in [3.63, 3.8) is 0 Å². The quantitative estimate of drug-likeness (QED) is 0.778. The molecule has 0 aliphatic rings. The highest BCUT2D eigenvalue weighted by molar-refractivity contribution is 5.60. The summed E-state index contributed by atoms with van der Waals surface area (Å²) in [5.74, 6) is -0.817. The Morgan fingerprint density at radius 1 is 1.33 bits per heavy atom. The molecule has 0 amide bonds. The van der Waals surface area contributed by atoms with Crippen molar-refractivity contribution in [1.82, 2.24) is 0 Å². The summed E-state index contributed by atoms with van der Waals surface area (Å²) in [7, 11) is 0. The number of hydrogen-bond acceptors (Lipinski definition) is 2. The molecule has 0 aromatic heterocycles. The third-order valence-electron chi connectivity index (χ3n) is 2.39. The third kappa shape index (κ3) is 3.36. The van der Waals surface area contributed by atoms with Gasteiger partial charge >= 0.3 is 6.18 Å². The van der Waals surface area contributed by atoms with E-state index in [1.807, 2.05) is 0 Å². The first-order chi connectivity index (χ1) is 8.26. The SMILES string of the molecule is CC(C)N(CC(F)(F)F)c1cccc(F)c1C#N. The monoisotopic (exact) mass is 260 g/mol. The van der Waals surface area contributed by atoms with E-state index in [2.05, 4.69) is 0 Å². The van der Waals surface area contributed by atoms with Gasteiger partial charge in [-0.05, 0) is 26.0 Å². The summed E-state index contributed by atoms with van der Waals surface area (Å²) >= 11 is 0. The second kappa shape index (κ2) is 5.25. The van der Waals surface area contributed by atoms with Crippen LogP contribution in [0.1, 0.15) is 19.4 Å². The maximum absolute atomic E-state index is 13.4. The van der Waals surface area contributed by atoms with Gasteiger partial charge in [-0.2, -0.15) is 18.4 Å². The van der Waals surface area contributed by atoms with Crippen LogP contribution in [0.2, 0.25) is 0 Å². The van der Waals surface area contributed by atoms with E-state index in [4.69, 9.17) is 5.26 Å². The zero-order chi connectivity index (χ0) is 13.9. The fourth-order valence-electron chi connectivity index (χ4n) is 1.60. The predicted molar refractivity (Wildman–Crippen MR) is 59.7 cm³/mol. The number of alkyl halides is 3. The molecule has 0 fully saturated rings. The molecule has 0 unspecified atom stereocenters. The fourth-order valence-corrected chi connectivity index (χ4v) is 1.60. The molecule has 1 aromatic carbocycles. The Balaban J connectivity index is 3.23. The number of nitrogens with zero attached hydrogens (tertiary/aromatic N) is 2. The van der Waals surface area contributed by atoms with E-state index >= 15 is 0 Å². The van der Waals surface area contributed by atoms with Crippen molar-refractivity contribution in [2.75, 3.05) is 11.4 Å². The van der Waals surface area contributed by atoms with Crippen molar-refractivity contribution >= 4 is 5.69 Å². The van der Waals surface area contributed by atoms with Crippen LogP contribution in [0.25, 0.3) is 0 Å². The van der Waals surface area contributed by atoms with Crippen LogP contribution in [-0.2, 0) is 0 Å². The van der Waals surface area contributed by atoms with E-state index < -0.39 is 24.6 Å². The van der Waals surface area contributed by atoms with Gasteiger partial charge in [0, 0.05) is 6.04 Å². The molecule has 1 aromatic rings. The molecule has 0 saturated heterocycles. The van der Waals surface area contributed by atoms with E-state index in [1.165, 1.54) is 12.1 Å². The van der Waals surface area contributed by atoms with Gasteiger partial charge in [0.2, 0.25) is 0 Å². The summed E-state index contributed by atoms with van der Waals surface area (Å²) in [4.78, 5) is 0.960. The molecule has 0 aliphatic heterocycles. The second-order valence-corrected chi connectivity index (χ2v) is 4.08. The highest BCUT2D eigenvalue weighted by atomic mass is 19.4. The summed E-state index contributed by atoms with van der Waals surface area (Å²) in [6.45, 7) is 1.89. The second-order valence-electron chi connectivity index (χ2n) is 4.08. The number of rotatable bonds is 3. The zero-order valence-corrected chi connectivity index (χ0v) is 9.92. The van der Waals surface area contributed by atoms with Crippen LogP contribution in [-0.4, -0.2) is 18.8 Å². The molecule has 98 valence electrons. The molecule has 2 nitrogen and oxygen atoms in total. The van der Waals surface area contributed by atoms with Crippen LogP contribution >= 0.6 is 0 Å². The van der Waals surface area contributed by atoms with E-state index in [9.17, 15) is 17.6 Å². The minimum absolute atomic E-state index is 0.0372. The summed E-state index contributed by atoms with van der Waals surface area (Å²) in [6.07, 6.45) is -4.41. The first-order valence-corrected chi connectivity index (χ1v) is 5.28.